The van der Waals surface area contributed by atoms with Crippen LogP contribution in [-0.4, -0.2) is 28.0 Å². The lowest BCUT2D eigenvalue weighted by molar-refractivity contribution is -0.115. The number of hydrogen-bond donors (Lipinski definition) is 2. The molecular weight excluding hydrogens is 331 g/mol. The van der Waals surface area contributed by atoms with E-state index in [1.54, 1.807) is 12.1 Å². The number of hydrogen-bond acceptors (Lipinski definition) is 3. The van der Waals surface area contributed by atoms with Crippen LogP contribution in [0.25, 0.3) is 16.9 Å². The Morgan fingerprint density at radius 3 is 2.46 bits per heavy atom. The molecule has 0 spiro atoms. The van der Waals surface area contributed by atoms with Gasteiger partial charge in [-0.2, -0.15) is 0 Å². The topological polar surface area (TPSA) is 59.0 Å². The molecular formula is C20H21FN4O. The highest BCUT2D eigenvalue weighted by Gasteiger charge is 2.14. The third-order valence-electron chi connectivity index (χ3n) is 3.80. The van der Waals surface area contributed by atoms with Gasteiger partial charge in [0, 0.05) is 23.5 Å². The van der Waals surface area contributed by atoms with Gasteiger partial charge in [0.2, 0.25) is 11.9 Å². The highest BCUT2D eigenvalue weighted by molar-refractivity contribution is 5.91. The van der Waals surface area contributed by atoms with E-state index >= 15 is 0 Å². The first-order chi connectivity index (χ1) is 12.5. The second-order valence-electron chi connectivity index (χ2n) is 6.25. The van der Waals surface area contributed by atoms with E-state index in [-0.39, 0.29) is 24.3 Å². The van der Waals surface area contributed by atoms with Crippen LogP contribution in [0.15, 0.2) is 60.8 Å². The van der Waals surface area contributed by atoms with Crippen LogP contribution in [0.4, 0.5) is 10.3 Å². The average Bonchev–Trinajstić information content (AvgIpc) is 3.05. The van der Waals surface area contributed by atoms with Gasteiger partial charge in [-0.3, -0.25) is 14.7 Å². The van der Waals surface area contributed by atoms with Crippen molar-refractivity contribution in [2.24, 2.45) is 0 Å². The highest BCUT2D eigenvalue weighted by atomic mass is 19.1. The summed E-state index contributed by atoms with van der Waals surface area (Å²) in [6.45, 7) is 4.15. The Bertz CT molecular complexity index is 873. The molecule has 1 heterocycles. The molecule has 6 heteroatoms. The van der Waals surface area contributed by atoms with Gasteiger partial charge in [0.25, 0.3) is 0 Å². The standard InChI is InChI=1S/C20H21FN4O/c1-14(2)22-12-19(26)24-20-23-18(15-8-10-16(21)11-9-15)13-25(20)17-6-4-3-5-7-17/h3-11,13-14,22H,12H2,1-2H3,(H,23,24,26). The number of imidazole rings is 1. The van der Waals surface area contributed by atoms with Crippen LogP contribution >= 0.6 is 0 Å². The van der Waals surface area contributed by atoms with Crippen molar-refractivity contribution in [3.63, 3.8) is 0 Å². The molecule has 0 unspecified atom stereocenters. The van der Waals surface area contributed by atoms with Crippen molar-refractivity contribution in [2.75, 3.05) is 11.9 Å². The van der Waals surface area contributed by atoms with Gasteiger partial charge in [-0.25, -0.2) is 9.37 Å². The Labute approximate surface area is 151 Å². The van der Waals surface area contributed by atoms with Gasteiger partial charge < -0.3 is 5.32 Å². The van der Waals surface area contributed by atoms with Gasteiger partial charge in [-0.1, -0.05) is 32.0 Å². The van der Waals surface area contributed by atoms with Crippen molar-refractivity contribution >= 4 is 11.9 Å². The molecule has 0 saturated heterocycles. The molecule has 1 amide bonds. The molecule has 3 rings (SSSR count). The van der Waals surface area contributed by atoms with E-state index in [2.05, 4.69) is 15.6 Å². The number of rotatable bonds is 6. The molecule has 0 radical (unpaired) electrons. The lowest BCUT2D eigenvalue weighted by Gasteiger charge is -2.10. The summed E-state index contributed by atoms with van der Waals surface area (Å²) in [6, 6.07) is 15.9. The number of carbonyl (C=O) groups excluding carboxylic acids is 1. The number of nitrogens with one attached hydrogen (secondary N) is 2. The van der Waals surface area contributed by atoms with E-state index in [4.69, 9.17) is 0 Å². The van der Waals surface area contributed by atoms with Crippen LogP contribution in [0.3, 0.4) is 0 Å². The van der Waals surface area contributed by atoms with Crippen molar-refractivity contribution in [3.8, 4) is 16.9 Å². The molecule has 1 aromatic heterocycles. The lowest BCUT2D eigenvalue weighted by Crippen LogP contribution is -2.33. The minimum atomic E-state index is -0.301. The summed E-state index contributed by atoms with van der Waals surface area (Å²) >= 11 is 0. The minimum Gasteiger partial charge on any atom is -0.306 e. The molecule has 3 aromatic rings. The van der Waals surface area contributed by atoms with E-state index in [0.29, 0.717) is 11.6 Å². The molecule has 26 heavy (non-hydrogen) atoms. The predicted molar refractivity (Wildman–Crippen MR) is 101 cm³/mol. The first-order valence-electron chi connectivity index (χ1n) is 8.47. The highest BCUT2D eigenvalue weighted by Crippen LogP contribution is 2.24. The first kappa shape index (κ1) is 17.8. The number of amides is 1. The Morgan fingerprint density at radius 2 is 1.81 bits per heavy atom. The zero-order valence-corrected chi connectivity index (χ0v) is 14.7. The molecule has 0 atom stereocenters. The van der Waals surface area contributed by atoms with Crippen molar-refractivity contribution in [2.45, 2.75) is 19.9 Å². The fourth-order valence-electron chi connectivity index (χ4n) is 2.48. The zero-order chi connectivity index (χ0) is 18.5. The van der Waals surface area contributed by atoms with Gasteiger partial charge >= 0.3 is 0 Å². The number of benzene rings is 2. The van der Waals surface area contributed by atoms with Crippen molar-refractivity contribution in [3.05, 3.63) is 66.6 Å². The number of nitrogens with zero attached hydrogens (tertiary/aromatic N) is 2. The van der Waals surface area contributed by atoms with Crippen LogP contribution < -0.4 is 10.6 Å². The number of carbonyl (C=O) groups is 1. The molecule has 0 aliphatic carbocycles. The summed E-state index contributed by atoms with van der Waals surface area (Å²) in [5.74, 6) is -0.0530. The Hall–Kier alpha value is -2.99. The smallest absolute Gasteiger partial charge is 0.240 e. The molecule has 0 bridgehead atoms. The Kier molecular flexibility index (Phi) is 5.43. The summed E-state index contributed by atoms with van der Waals surface area (Å²) in [5.41, 5.74) is 2.30. The van der Waals surface area contributed by atoms with E-state index in [1.165, 1.54) is 12.1 Å². The van der Waals surface area contributed by atoms with Crippen molar-refractivity contribution < 1.29 is 9.18 Å². The molecule has 0 aliphatic heterocycles. The molecule has 134 valence electrons. The van der Waals surface area contributed by atoms with Crippen LogP contribution in [0.1, 0.15) is 13.8 Å². The number of para-hydroxylation sites is 1. The second-order valence-corrected chi connectivity index (χ2v) is 6.25. The molecule has 0 aliphatic rings. The summed E-state index contributed by atoms with van der Waals surface area (Å²) < 4.78 is 15.0. The van der Waals surface area contributed by atoms with Crippen LogP contribution in [0, 0.1) is 5.82 Å². The SMILES string of the molecule is CC(C)NCC(=O)Nc1nc(-c2ccc(F)cc2)cn1-c1ccccc1. The Balaban J connectivity index is 1.93. The summed E-state index contributed by atoms with van der Waals surface area (Å²) in [4.78, 5) is 16.7. The molecule has 5 nitrogen and oxygen atoms in total. The van der Waals surface area contributed by atoms with E-state index < -0.39 is 0 Å². The third kappa shape index (κ3) is 4.34. The monoisotopic (exact) mass is 352 g/mol. The maximum Gasteiger partial charge on any atom is 0.240 e. The van der Waals surface area contributed by atoms with Crippen LogP contribution in [-0.2, 0) is 4.79 Å². The van der Waals surface area contributed by atoms with Gasteiger partial charge in [0.1, 0.15) is 5.82 Å². The van der Waals surface area contributed by atoms with E-state index in [9.17, 15) is 9.18 Å². The van der Waals surface area contributed by atoms with Crippen LogP contribution in [0.2, 0.25) is 0 Å². The summed E-state index contributed by atoms with van der Waals surface area (Å²) in [5, 5.41) is 5.92. The predicted octanol–water partition coefficient (Wildman–Crippen LogP) is 3.61. The molecule has 2 aromatic carbocycles. The number of anilines is 1. The quantitative estimate of drug-likeness (QED) is 0.712. The van der Waals surface area contributed by atoms with Gasteiger partial charge in [0.15, 0.2) is 0 Å². The maximum atomic E-state index is 13.2. The van der Waals surface area contributed by atoms with Gasteiger partial charge in [-0.05, 0) is 36.4 Å². The third-order valence-corrected chi connectivity index (χ3v) is 3.80. The molecule has 0 fully saturated rings. The summed E-state index contributed by atoms with van der Waals surface area (Å²) in [7, 11) is 0. The fraction of sp³-hybridized carbons (Fsp3) is 0.200. The van der Waals surface area contributed by atoms with Crippen molar-refractivity contribution in [1.82, 2.24) is 14.9 Å². The maximum absolute atomic E-state index is 13.2. The minimum absolute atomic E-state index is 0.174. The lowest BCUT2D eigenvalue weighted by atomic mass is 10.2. The van der Waals surface area contributed by atoms with E-state index in [1.807, 2.05) is 54.9 Å². The zero-order valence-electron chi connectivity index (χ0n) is 14.7. The molecule has 2 N–H and O–H groups in total. The van der Waals surface area contributed by atoms with Crippen LogP contribution in [0.5, 0.6) is 0 Å². The second kappa shape index (κ2) is 7.93. The fourth-order valence-corrected chi connectivity index (χ4v) is 2.48. The van der Waals surface area contributed by atoms with Crippen molar-refractivity contribution in [1.29, 1.82) is 0 Å². The number of halogens is 1. The van der Waals surface area contributed by atoms with E-state index in [0.717, 1.165) is 11.3 Å². The normalized spacial score (nSPS) is 10.9. The summed E-state index contributed by atoms with van der Waals surface area (Å²) in [6.07, 6.45) is 1.83. The molecule has 0 saturated carbocycles. The Morgan fingerprint density at radius 1 is 1.12 bits per heavy atom. The largest absolute Gasteiger partial charge is 0.306 e. The first-order valence-corrected chi connectivity index (χ1v) is 8.47. The van der Waals surface area contributed by atoms with Gasteiger partial charge in [-0.15, -0.1) is 0 Å². The average molecular weight is 352 g/mol. The number of aromatic nitrogens is 2. The van der Waals surface area contributed by atoms with Gasteiger partial charge in [0.05, 0.1) is 12.2 Å².